The van der Waals surface area contributed by atoms with Crippen LogP contribution in [0.3, 0.4) is 0 Å². The number of aryl methyl sites for hydroxylation is 1. The zero-order chi connectivity index (χ0) is 12.1. The van der Waals surface area contributed by atoms with Gasteiger partial charge >= 0.3 is 5.97 Å². The molecular weight excluding hydrogens is 202 g/mol. The minimum absolute atomic E-state index is 0.319. The lowest BCUT2D eigenvalue weighted by molar-refractivity contribution is 0.0697. The van der Waals surface area contributed by atoms with E-state index in [0.29, 0.717) is 24.2 Å². The van der Waals surface area contributed by atoms with Gasteiger partial charge in [0.15, 0.2) is 0 Å². The molecule has 0 aliphatic rings. The smallest absolute Gasteiger partial charge is 0.337 e. The Balaban J connectivity index is 3.03. The van der Waals surface area contributed by atoms with Crippen molar-refractivity contribution in [2.24, 2.45) is 0 Å². The van der Waals surface area contributed by atoms with Crippen molar-refractivity contribution in [3.05, 3.63) is 29.3 Å². The Labute approximate surface area is 95.7 Å². The fourth-order valence-electron chi connectivity index (χ4n) is 1.51. The first-order chi connectivity index (χ1) is 7.56. The summed E-state index contributed by atoms with van der Waals surface area (Å²) in [5.74, 6) is 1.63. The minimum Gasteiger partial charge on any atom is -0.478 e. The van der Waals surface area contributed by atoms with Gasteiger partial charge in [-0.05, 0) is 19.1 Å². The Morgan fingerprint density at radius 2 is 2.25 bits per heavy atom. The Morgan fingerprint density at radius 3 is 2.81 bits per heavy atom. The average molecular weight is 217 g/mol. The SMILES string of the molecule is C#CCCN(C)c1ccc(C)cc1C(=O)O. The summed E-state index contributed by atoms with van der Waals surface area (Å²) < 4.78 is 0. The molecule has 0 saturated carbocycles. The van der Waals surface area contributed by atoms with Gasteiger partial charge in [0.2, 0.25) is 0 Å². The second kappa shape index (κ2) is 5.22. The van der Waals surface area contributed by atoms with Gasteiger partial charge < -0.3 is 10.0 Å². The molecule has 0 unspecified atom stereocenters. The molecule has 1 rings (SSSR count). The number of nitrogens with zero attached hydrogens (tertiary/aromatic N) is 1. The number of carbonyl (C=O) groups is 1. The third-order valence-corrected chi connectivity index (χ3v) is 2.39. The van der Waals surface area contributed by atoms with Gasteiger partial charge in [0.05, 0.1) is 11.3 Å². The van der Waals surface area contributed by atoms with E-state index in [4.69, 9.17) is 11.5 Å². The van der Waals surface area contributed by atoms with Gasteiger partial charge in [-0.3, -0.25) is 0 Å². The van der Waals surface area contributed by atoms with Crippen molar-refractivity contribution in [3.8, 4) is 12.3 Å². The van der Waals surface area contributed by atoms with Crippen LogP contribution in [0.5, 0.6) is 0 Å². The van der Waals surface area contributed by atoms with Crippen LogP contribution in [0.1, 0.15) is 22.3 Å². The largest absolute Gasteiger partial charge is 0.478 e. The van der Waals surface area contributed by atoms with Crippen LogP contribution in [-0.2, 0) is 0 Å². The molecule has 0 bridgehead atoms. The summed E-state index contributed by atoms with van der Waals surface area (Å²) in [6.45, 7) is 2.53. The molecule has 1 aromatic rings. The van der Waals surface area contributed by atoms with Crippen LogP contribution in [-0.4, -0.2) is 24.7 Å². The topological polar surface area (TPSA) is 40.5 Å². The molecule has 16 heavy (non-hydrogen) atoms. The quantitative estimate of drug-likeness (QED) is 0.786. The summed E-state index contributed by atoms with van der Waals surface area (Å²) >= 11 is 0. The maximum absolute atomic E-state index is 11.1. The van der Waals surface area contributed by atoms with Crippen molar-refractivity contribution >= 4 is 11.7 Å². The maximum atomic E-state index is 11.1. The average Bonchev–Trinajstić information content (AvgIpc) is 2.25. The Bertz CT molecular complexity index is 432. The highest BCUT2D eigenvalue weighted by Gasteiger charge is 2.12. The number of hydrogen-bond donors (Lipinski definition) is 1. The van der Waals surface area contributed by atoms with Crippen LogP contribution in [0.15, 0.2) is 18.2 Å². The van der Waals surface area contributed by atoms with Crippen LogP contribution >= 0.6 is 0 Å². The number of benzene rings is 1. The van der Waals surface area contributed by atoms with Crippen molar-refractivity contribution in [1.29, 1.82) is 0 Å². The molecule has 0 fully saturated rings. The number of hydrogen-bond acceptors (Lipinski definition) is 2. The van der Waals surface area contributed by atoms with Gasteiger partial charge in [0.25, 0.3) is 0 Å². The summed E-state index contributed by atoms with van der Waals surface area (Å²) in [6, 6.07) is 5.38. The maximum Gasteiger partial charge on any atom is 0.337 e. The predicted molar refractivity (Wildman–Crippen MR) is 64.9 cm³/mol. The second-order valence-corrected chi connectivity index (χ2v) is 3.70. The van der Waals surface area contributed by atoms with E-state index >= 15 is 0 Å². The summed E-state index contributed by atoms with van der Waals surface area (Å²) in [4.78, 5) is 12.9. The lowest BCUT2D eigenvalue weighted by Crippen LogP contribution is -2.20. The van der Waals surface area contributed by atoms with Crippen molar-refractivity contribution in [3.63, 3.8) is 0 Å². The van der Waals surface area contributed by atoms with Crippen molar-refractivity contribution in [2.75, 3.05) is 18.5 Å². The third-order valence-electron chi connectivity index (χ3n) is 2.39. The van der Waals surface area contributed by atoms with Gasteiger partial charge in [0, 0.05) is 20.0 Å². The first-order valence-electron chi connectivity index (χ1n) is 5.05. The molecule has 0 radical (unpaired) electrons. The first-order valence-corrected chi connectivity index (χ1v) is 5.05. The fourth-order valence-corrected chi connectivity index (χ4v) is 1.51. The van der Waals surface area contributed by atoms with Crippen molar-refractivity contribution in [1.82, 2.24) is 0 Å². The number of carboxylic acids is 1. The summed E-state index contributed by atoms with van der Waals surface area (Å²) in [5, 5.41) is 9.10. The van der Waals surface area contributed by atoms with E-state index in [0.717, 1.165) is 5.56 Å². The molecule has 84 valence electrons. The van der Waals surface area contributed by atoms with Crippen LogP contribution in [0.2, 0.25) is 0 Å². The zero-order valence-electron chi connectivity index (χ0n) is 9.53. The van der Waals surface area contributed by atoms with E-state index in [2.05, 4.69) is 5.92 Å². The van der Waals surface area contributed by atoms with Gasteiger partial charge in [0.1, 0.15) is 0 Å². The number of rotatable bonds is 4. The van der Waals surface area contributed by atoms with Crippen LogP contribution < -0.4 is 4.90 Å². The third kappa shape index (κ3) is 2.77. The minimum atomic E-state index is -0.911. The van der Waals surface area contributed by atoms with Gasteiger partial charge in [-0.2, -0.15) is 0 Å². The van der Waals surface area contributed by atoms with Gasteiger partial charge in [-0.25, -0.2) is 4.79 Å². The highest BCUT2D eigenvalue weighted by atomic mass is 16.4. The molecule has 1 aromatic carbocycles. The van der Waals surface area contributed by atoms with Crippen LogP contribution in [0.25, 0.3) is 0 Å². The fraction of sp³-hybridized carbons (Fsp3) is 0.308. The van der Waals surface area contributed by atoms with Crippen LogP contribution in [0.4, 0.5) is 5.69 Å². The van der Waals surface area contributed by atoms with E-state index < -0.39 is 5.97 Å². The zero-order valence-corrected chi connectivity index (χ0v) is 9.53. The van der Waals surface area contributed by atoms with Crippen molar-refractivity contribution in [2.45, 2.75) is 13.3 Å². The number of terminal acetylenes is 1. The highest BCUT2D eigenvalue weighted by molar-refractivity contribution is 5.94. The molecule has 0 atom stereocenters. The molecule has 1 N–H and O–H groups in total. The van der Waals surface area contributed by atoms with Gasteiger partial charge in [-0.1, -0.05) is 11.6 Å². The highest BCUT2D eigenvalue weighted by Crippen LogP contribution is 2.21. The van der Waals surface area contributed by atoms with E-state index in [1.165, 1.54) is 0 Å². The molecule has 3 nitrogen and oxygen atoms in total. The molecule has 0 heterocycles. The monoisotopic (exact) mass is 217 g/mol. The van der Waals surface area contributed by atoms with E-state index in [1.807, 2.05) is 31.0 Å². The lowest BCUT2D eigenvalue weighted by atomic mass is 10.1. The molecule has 0 aliphatic heterocycles. The molecule has 0 amide bonds. The van der Waals surface area contributed by atoms with E-state index in [1.54, 1.807) is 6.07 Å². The standard InChI is InChI=1S/C13H15NO2/c1-4-5-8-14(3)12-7-6-10(2)9-11(12)13(15)16/h1,6-7,9H,5,8H2,2-3H3,(H,15,16). The molecule has 3 heteroatoms. The number of carboxylic acid groups (broad SMARTS) is 1. The van der Waals surface area contributed by atoms with Crippen LogP contribution in [0, 0.1) is 19.3 Å². The van der Waals surface area contributed by atoms with E-state index in [9.17, 15) is 4.79 Å². The summed E-state index contributed by atoms with van der Waals surface area (Å²) in [7, 11) is 1.84. The Morgan fingerprint density at radius 1 is 1.56 bits per heavy atom. The lowest BCUT2D eigenvalue weighted by Gasteiger charge is -2.20. The Hall–Kier alpha value is -1.95. The summed E-state index contributed by atoms with van der Waals surface area (Å²) in [6.07, 6.45) is 5.78. The molecule has 0 spiro atoms. The molecule has 0 saturated heterocycles. The Kier molecular flexibility index (Phi) is 3.96. The normalized spacial score (nSPS) is 9.56. The molecule has 0 aromatic heterocycles. The predicted octanol–water partition coefficient (Wildman–Crippen LogP) is 2.15. The molecule has 0 aliphatic carbocycles. The molecular formula is C13H15NO2. The second-order valence-electron chi connectivity index (χ2n) is 3.70. The van der Waals surface area contributed by atoms with Crippen molar-refractivity contribution < 1.29 is 9.90 Å². The number of anilines is 1. The van der Waals surface area contributed by atoms with Gasteiger partial charge in [-0.15, -0.1) is 12.3 Å². The first kappa shape index (κ1) is 12.1. The summed E-state index contributed by atoms with van der Waals surface area (Å²) in [5.41, 5.74) is 1.96. The number of aromatic carboxylic acids is 1. The van der Waals surface area contributed by atoms with E-state index in [-0.39, 0.29) is 0 Å².